The third-order valence-corrected chi connectivity index (χ3v) is 6.60. The number of carbonyl (C=O) groups excluding carboxylic acids is 3. The van der Waals surface area contributed by atoms with Crippen LogP contribution in [0.2, 0.25) is 0 Å². The Kier molecular flexibility index (Phi) is 5.61. The van der Waals surface area contributed by atoms with E-state index in [4.69, 9.17) is 9.26 Å². The number of piperidine rings is 1. The number of amides is 2. The fraction of sp³-hybridized carbons (Fsp3) is 0.714. The number of aromatic nitrogens is 1. The summed E-state index contributed by atoms with van der Waals surface area (Å²) >= 11 is 0. The maximum absolute atomic E-state index is 13.1. The first-order valence-corrected chi connectivity index (χ1v) is 10.6. The fourth-order valence-corrected chi connectivity index (χ4v) is 4.98. The molecule has 8 nitrogen and oxygen atoms in total. The molecule has 0 bridgehead atoms. The van der Waals surface area contributed by atoms with Crippen molar-refractivity contribution in [2.24, 2.45) is 11.8 Å². The molecule has 1 spiro atoms. The van der Waals surface area contributed by atoms with E-state index >= 15 is 0 Å². The second-order valence-electron chi connectivity index (χ2n) is 8.69. The van der Waals surface area contributed by atoms with E-state index in [-0.39, 0.29) is 36.5 Å². The first kappa shape index (κ1) is 19.9. The monoisotopic (exact) mass is 403 g/mol. The third-order valence-electron chi connectivity index (χ3n) is 6.60. The molecule has 0 aromatic carbocycles. The highest BCUT2D eigenvalue weighted by molar-refractivity contribution is 5.88. The zero-order valence-corrected chi connectivity index (χ0v) is 16.9. The zero-order chi connectivity index (χ0) is 20.4. The van der Waals surface area contributed by atoms with Crippen LogP contribution in [0.1, 0.15) is 56.4 Å². The average molecular weight is 403 g/mol. The minimum absolute atomic E-state index is 0.0703. The molecule has 8 heteroatoms. The number of esters is 1. The van der Waals surface area contributed by atoms with Crippen molar-refractivity contribution >= 4 is 17.8 Å². The predicted octanol–water partition coefficient (Wildman–Crippen LogP) is 1.76. The maximum Gasteiger partial charge on any atom is 0.307 e. The molecular weight excluding hydrogens is 374 g/mol. The molecule has 1 aliphatic carbocycles. The molecule has 1 N–H and O–H groups in total. The summed E-state index contributed by atoms with van der Waals surface area (Å²) < 4.78 is 10.7. The maximum atomic E-state index is 13.1. The van der Waals surface area contributed by atoms with Crippen LogP contribution in [0.15, 0.2) is 10.6 Å². The summed E-state index contributed by atoms with van der Waals surface area (Å²) in [5.41, 5.74) is 0.219. The largest absolute Gasteiger partial charge is 0.458 e. The Morgan fingerprint density at radius 2 is 2.00 bits per heavy atom. The van der Waals surface area contributed by atoms with Gasteiger partial charge in [-0.05, 0) is 51.4 Å². The molecule has 2 saturated heterocycles. The van der Waals surface area contributed by atoms with Gasteiger partial charge in [0, 0.05) is 25.7 Å². The van der Waals surface area contributed by atoms with Crippen molar-refractivity contribution in [1.82, 2.24) is 15.4 Å². The van der Waals surface area contributed by atoms with Crippen LogP contribution >= 0.6 is 0 Å². The second kappa shape index (κ2) is 8.16. The molecule has 1 unspecified atom stereocenters. The molecule has 2 amide bonds. The van der Waals surface area contributed by atoms with Crippen LogP contribution in [0.25, 0.3) is 0 Å². The smallest absolute Gasteiger partial charge is 0.307 e. The Labute approximate surface area is 170 Å². The molecule has 3 heterocycles. The molecule has 3 aliphatic rings. The highest BCUT2D eigenvalue weighted by Gasteiger charge is 2.54. The zero-order valence-electron chi connectivity index (χ0n) is 16.9. The van der Waals surface area contributed by atoms with Gasteiger partial charge in [-0.15, -0.1) is 0 Å². The summed E-state index contributed by atoms with van der Waals surface area (Å²) in [5, 5.41) is 6.75. The van der Waals surface area contributed by atoms with Gasteiger partial charge in [0.15, 0.2) is 0 Å². The van der Waals surface area contributed by atoms with Gasteiger partial charge in [-0.1, -0.05) is 5.16 Å². The van der Waals surface area contributed by atoms with E-state index in [1.807, 2.05) is 11.8 Å². The Balaban J connectivity index is 1.23. The quantitative estimate of drug-likeness (QED) is 0.752. The molecule has 3 fully saturated rings. The van der Waals surface area contributed by atoms with Crippen molar-refractivity contribution in [1.29, 1.82) is 0 Å². The number of hydrogen-bond acceptors (Lipinski definition) is 6. The Morgan fingerprint density at radius 1 is 1.28 bits per heavy atom. The SMILES string of the molecule is Cc1cc(CC(=O)NCC2CCN(C(=O)C3CC(=O)OC34CCCC4)CC2)on1. The average Bonchev–Trinajstić information content (AvgIpc) is 3.41. The fourth-order valence-electron chi connectivity index (χ4n) is 4.98. The number of carbonyl (C=O) groups is 3. The number of rotatable bonds is 5. The summed E-state index contributed by atoms with van der Waals surface area (Å²) in [5.74, 6) is 0.352. The lowest BCUT2D eigenvalue weighted by molar-refractivity contribution is -0.152. The molecule has 1 aromatic heterocycles. The van der Waals surface area contributed by atoms with Gasteiger partial charge in [0.05, 0.1) is 24.5 Å². The highest BCUT2D eigenvalue weighted by atomic mass is 16.6. The molecule has 1 saturated carbocycles. The van der Waals surface area contributed by atoms with Gasteiger partial charge in [0.1, 0.15) is 11.4 Å². The summed E-state index contributed by atoms with van der Waals surface area (Å²) in [7, 11) is 0. The van der Waals surface area contributed by atoms with Crippen LogP contribution in [-0.2, 0) is 25.5 Å². The lowest BCUT2D eigenvalue weighted by Crippen LogP contribution is -2.48. The minimum atomic E-state index is -0.544. The van der Waals surface area contributed by atoms with Crippen molar-refractivity contribution in [2.45, 2.75) is 63.9 Å². The van der Waals surface area contributed by atoms with E-state index < -0.39 is 5.60 Å². The van der Waals surface area contributed by atoms with E-state index in [1.165, 1.54) is 0 Å². The summed E-state index contributed by atoms with van der Waals surface area (Å²) in [6.45, 7) is 3.76. The summed E-state index contributed by atoms with van der Waals surface area (Å²) in [4.78, 5) is 39.0. The molecule has 1 atom stereocenters. The van der Waals surface area contributed by atoms with Crippen molar-refractivity contribution in [3.63, 3.8) is 0 Å². The molecule has 4 rings (SSSR count). The van der Waals surface area contributed by atoms with Gasteiger partial charge >= 0.3 is 5.97 Å². The topological polar surface area (TPSA) is 102 Å². The van der Waals surface area contributed by atoms with Crippen molar-refractivity contribution in [2.75, 3.05) is 19.6 Å². The van der Waals surface area contributed by atoms with Crippen molar-refractivity contribution in [3.05, 3.63) is 17.5 Å². The number of hydrogen-bond donors (Lipinski definition) is 1. The standard InChI is InChI=1S/C21H29N3O5/c1-14-10-16(29-23-14)11-18(25)22-13-15-4-8-24(9-5-15)20(27)17-12-19(26)28-21(17)6-2-3-7-21/h10,15,17H,2-9,11-13H2,1H3,(H,22,25). The lowest BCUT2D eigenvalue weighted by Gasteiger charge is -2.36. The number of ether oxygens (including phenoxy) is 1. The molecule has 0 radical (unpaired) electrons. The number of nitrogens with one attached hydrogen (secondary N) is 1. The van der Waals surface area contributed by atoms with Gasteiger partial charge in [-0.25, -0.2) is 0 Å². The molecule has 158 valence electrons. The summed E-state index contributed by atoms with van der Waals surface area (Å²) in [6.07, 6.45) is 5.76. The highest BCUT2D eigenvalue weighted by Crippen LogP contribution is 2.46. The molecular formula is C21H29N3O5. The van der Waals surface area contributed by atoms with Crippen LogP contribution in [-0.4, -0.2) is 53.1 Å². The van der Waals surface area contributed by atoms with Gasteiger partial charge < -0.3 is 19.5 Å². The Hall–Kier alpha value is -2.38. The van der Waals surface area contributed by atoms with Gasteiger partial charge in [0.2, 0.25) is 11.8 Å². The van der Waals surface area contributed by atoms with E-state index in [1.54, 1.807) is 6.07 Å². The van der Waals surface area contributed by atoms with E-state index in [9.17, 15) is 14.4 Å². The minimum Gasteiger partial charge on any atom is -0.458 e. The normalized spacial score (nSPS) is 24.1. The summed E-state index contributed by atoms with van der Waals surface area (Å²) in [6, 6.07) is 1.76. The van der Waals surface area contributed by atoms with Crippen molar-refractivity contribution in [3.8, 4) is 0 Å². The molecule has 29 heavy (non-hydrogen) atoms. The van der Waals surface area contributed by atoms with E-state index in [0.717, 1.165) is 44.2 Å². The van der Waals surface area contributed by atoms with Gasteiger partial charge in [-0.3, -0.25) is 14.4 Å². The van der Waals surface area contributed by atoms with Crippen LogP contribution in [0.5, 0.6) is 0 Å². The van der Waals surface area contributed by atoms with Crippen LogP contribution < -0.4 is 5.32 Å². The van der Waals surface area contributed by atoms with E-state index in [2.05, 4.69) is 10.5 Å². The lowest BCUT2D eigenvalue weighted by atomic mass is 9.84. The van der Waals surface area contributed by atoms with Gasteiger partial charge in [-0.2, -0.15) is 0 Å². The molecule has 1 aromatic rings. The number of aryl methyl sites for hydroxylation is 1. The first-order valence-electron chi connectivity index (χ1n) is 10.6. The van der Waals surface area contributed by atoms with Crippen LogP contribution in [0.3, 0.4) is 0 Å². The Morgan fingerprint density at radius 3 is 2.66 bits per heavy atom. The predicted molar refractivity (Wildman–Crippen MR) is 103 cm³/mol. The molecule has 2 aliphatic heterocycles. The number of nitrogens with zero attached hydrogens (tertiary/aromatic N) is 2. The van der Waals surface area contributed by atoms with Crippen LogP contribution in [0, 0.1) is 18.8 Å². The van der Waals surface area contributed by atoms with Crippen LogP contribution in [0.4, 0.5) is 0 Å². The van der Waals surface area contributed by atoms with Crippen molar-refractivity contribution < 1.29 is 23.6 Å². The first-order chi connectivity index (χ1) is 13.9. The second-order valence-corrected chi connectivity index (χ2v) is 8.69. The van der Waals surface area contributed by atoms with E-state index in [0.29, 0.717) is 31.3 Å². The number of likely N-dealkylation sites (tertiary alicyclic amines) is 1. The van der Waals surface area contributed by atoms with Gasteiger partial charge in [0.25, 0.3) is 0 Å². The Bertz CT molecular complexity index is 775. The third kappa shape index (κ3) is 4.31.